The highest BCUT2D eigenvalue weighted by Gasteiger charge is 2.37. The van der Waals surface area contributed by atoms with Crippen molar-refractivity contribution in [3.05, 3.63) is 151 Å². The van der Waals surface area contributed by atoms with Crippen LogP contribution in [0.5, 0.6) is 0 Å². The third kappa shape index (κ3) is 3.43. The van der Waals surface area contributed by atoms with Crippen LogP contribution in [-0.4, -0.2) is 0 Å². The zero-order valence-corrected chi connectivity index (χ0v) is 25.5. The van der Waals surface area contributed by atoms with Crippen molar-refractivity contribution in [2.24, 2.45) is 0 Å². The molecule has 0 aliphatic heterocycles. The van der Waals surface area contributed by atoms with E-state index in [0.29, 0.717) is 0 Å². The van der Waals surface area contributed by atoms with Gasteiger partial charge in [-0.3, -0.25) is 0 Å². The first-order valence-electron chi connectivity index (χ1n) is 15.9. The van der Waals surface area contributed by atoms with E-state index < -0.39 is 0 Å². The molecule has 10 rings (SSSR count). The third-order valence-corrected chi connectivity index (χ3v) is 10.0. The lowest BCUT2D eigenvalue weighted by Crippen LogP contribution is -2.16. The van der Waals surface area contributed by atoms with Gasteiger partial charge in [0.2, 0.25) is 0 Å². The Kier molecular flexibility index (Phi) is 5.06. The van der Waals surface area contributed by atoms with Crippen LogP contribution in [0.3, 0.4) is 0 Å². The molecular weight excluding hydrogens is 562 g/mol. The van der Waals surface area contributed by atoms with Gasteiger partial charge in [-0.1, -0.05) is 98.8 Å². The van der Waals surface area contributed by atoms with Crippen LogP contribution in [0.25, 0.3) is 65.8 Å². The van der Waals surface area contributed by atoms with Crippen molar-refractivity contribution in [3.63, 3.8) is 0 Å². The van der Waals surface area contributed by atoms with Crippen molar-refractivity contribution in [3.8, 4) is 11.1 Å². The van der Waals surface area contributed by atoms with E-state index in [1.807, 2.05) is 24.3 Å². The zero-order chi connectivity index (χ0) is 30.6. The maximum atomic E-state index is 6.31. The maximum absolute atomic E-state index is 6.31. The third-order valence-electron chi connectivity index (χ3n) is 10.0. The van der Waals surface area contributed by atoms with Crippen molar-refractivity contribution in [2.75, 3.05) is 4.90 Å². The summed E-state index contributed by atoms with van der Waals surface area (Å²) in [6.07, 6.45) is 0. The van der Waals surface area contributed by atoms with Crippen LogP contribution >= 0.6 is 0 Å². The molecule has 0 saturated carbocycles. The molecule has 0 saturated heterocycles. The molecule has 46 heavy (non-hydrogen) atoms. The maximum Gasteiger partial charge on any atom is 0.136 e. The summed E-state index contributed by atoms with van der Waals surface area (Å²) in [4.78, 5) is 2.43. The van der Waals surface area contributed by atoms with Gasteiger partial charge in [0.25, 0.3) is 0 Å². The monoisotopic (exact) mass is 591 g/mol. The number of rotatable bonds is 3. The molecule has 218 valence electrons. The molecule has 3 nitrogen and oxygen atoms in total. The fraction of sp³-hybridized carbons (Fsp3) is 0.0698. The average Bonchev–Trinajstić information content (AvgIpc) is 3.73. The summed E-state index contributed by atoms with van der Waals surface area (Å²) in [6, 6.07) is 49.9. The molecule has 0 amide bonds. The second kappa shape index (κ2) is 9.12. The highest BCUT2D eigenvalue weighted by atomic mass is 16.3. The standard InChI is InChI=1S/C43H29NO2/c1-43(2)34-13-6-3-11-30(34)42-35(43)14-9-15-36(42)44(28-21-23-39-33(25-28)29-10-4-7-16-37(29)45-39)27-20-18-26-19-22-40-41(32(26)24-27)31-12-5-8-17-38(31)46-40/h3-25H,1-2H3. The zero-order valence-electron chi connectivity index (χ0n) is 25.5. The van der Waals surface area contributed by atoms with Crippen LogP contribution in [0.1, 0.15) is 25.0 Å². The first kappa shape index (κ1) is 25.5. The highest BCUT2D eigenvalue weighted by molar-refractivity contribution is 6.19. The summed E-state index contributed by atoms with van der Waals surface area (Å²) in [5.74, 6) is 0. The van der Waals surface area contributed by atoms with E-state index in [-0.39, 0.29) is 5.41 Å². The smallest absolute Gasteiger partial charge is 0.136 e. The van der Waals surface area contributed by atoms with Gasteiger partial charge >= 0.3 is 0 Å². The summed E-state index contributed by atoms with van der Waals surface area (Å²) in [6.45, 7) is 4.68. The number of fused-ring (bicyclic) bond motifs is 11. The molecule has 0 atom stereocenters. The Morgan fingerprint density at radius 1 is 0.478 bits per heavy atom. The number of para-hydroxylation sites is 2. The molecule has 0 radical (unpaired) electrons. The van der Waals surface area contributed by atoms with Gasteiger partial charge in [-0.2, -0.15) is 0 Å². The van der Waals surface area contributed by atoms with Gasteiger partial charge in [0.1, 0.15) is 22.3 Å². The minimum Gasteiger partial charge on any atom is -0.456 e. The molecule has 1 aliphatic rings. The molecule has 0 spiro atoms. The minimum atomic E-state index is -0.108. The van der Waals surface area contributed by atoms with Crippen LogP contribution < -0.4 is 4.90 Å². The predicted octanol–water partition coefficient (Wildman–Crippen LogP) is 12.4. The number of furan rings is 2. The fourth-order valence-electron chi connectivity index (χ4n) is 7.87. The van der Waals surface area contributed by atoms with Gasteiger partial charge in [0.05, 0.1) is 5.69 Å². The Hall–Kier alpha value is -5.80. The Balaban J connectivity index is 1.30. The van der Waals surface area contributed by atoms with Gasteiger partial charge in [-0.25, -0.2) is 0 Å². The van der Waals surface area contributed by atoms with E-state index in [1.165, 1.54) is 33.0 Å². The molecule has 0 fully saturated rings. The van der Waals surface area contributed by atoms with Crippen molar-refractivity contribution < 1.29 is 8.83 Å². The first-order valence-corrected chi connectivity index (χ1v) is 15.9. The molecule has 2 aromatic heterocycles. The summed E-state index contributed by atoms with van der Waals surface area (Å²) >= 11 is 0. The van der Waals surface area contributed by atoms with Crippen molar-refractivity contribution >= 4 is 71.7 Å². The molecule has 0 unspecified atom stereocenters. The average molecular weight is 592 g/mol. The Morgan fingerprint density at radius 3 is 1.96 bits per heavy atom. The minimum absolute atomic E-state index is 0.108. The fourth-order valence-corrected chi connectivity index (χ4v) is 7.87. The molecule has 2 heterocycles. The topological polar surface area (TPSA) is 29.5 Å². The van der Waals surface area contributed by atoms with E-state index in [0.717, 1.165) is 60.9 Å². The first-order chi connectivity index (χ1) is 22.6. The molecule has 9 aromatic rings. The summed E-state index contributed by atoms with van der Waals surface area (Å²) in [5.41, 5.74) is 12.1. The largest absolute Gasteiger partial charge is 0.456 e. The van der Waals surface area contributed by atoms with Crippen LogP contribution in [0.4, 0.5) is 17.1 Å². The van der Waals surface area contributed by atoms with Crippen molar-refractivity contribution in [1.82, 2.24) is 0 Å². The Bertz CT molecular complexity index is 2690. The second-order valence-corrected chi connectivity index (χ2v) is 12.9. The van der Waals surface area contributed by atoms with E-state index in [4.69, 9.17) is 8.83 Å². The lowest BCUT2D eigenvalue weighted by atomic mass is 9.82. The van der Waals surface area contributed by atoms with Crippen molar-refractivity contribution in [2.45, 2.75) is 19.3 Å². The van der Waals surface area contributed by atoms with Gasteiger partial charge in [-0.05, 0) is 82.1 Å². The van der Waals surface area contributed by atoms with Crippen LogP contribution in [-0.2, 0) is 5.41 Å². The molecule has 0 N–H and O–H groups in total. The van der Waals surface area contributed by atoms with Gasteiger partial charge in [-0.15, -0.1) is 0 Å². The molecule has 7 aromatic carbocycles. The molecule has 3 heteroatoms. The van der Waals surface area contributed by atoms with Gasteiger partial charge < -0.3 is 13.7 Å². The lowest BCUT2D eigenvalue weighted by molar-refractivity contribution is 0.660. The summed E-state index contributed by atoms with van der Waals surface area (Å²) in [7, 11) is 0. The SMILES string of the molecule is CC1(C)c2ccccc2-c2c(N(c3ccc4oc5ccccc5c4c3)c3ccc4ccc5oc6ccccc6c5c4c3)cccc21. The Morgan fingerprint density at radius 2 is 1.09 bits per heavy atom. The Labute approximate surface area is 265 Å². The molecule has 1 aliphatic carbocycles. The summed E-state index contributed by atoms with van der Waals surface area (Å²) in [5, 5.41) is 6.87. The van der Waals surface area contributed by atoms with Crippen LogP contribution in [0, 0.1) is 0 Å². The number of hydrogen-bond donors (Lipinski definition) is 0. The van der Waals surface area contributed by atoms with Crippen LogP contribution in [0.15, 0.2) is 148 Å². The molecular formula is C43H29NO2. The summed E-state index contributed by atoms with van der Waals surface area (Å²) < 4.78 is 12.6. The van der Waals surface area contributed by atoms with Crippen molar-refractivity contribution in [1.29, 1.82) is 0 Å². The quantitative estimate of drug-likeness (QED) is 0.205. The normalized spacial score (nSPS) is 13.6. The van der Waals surface area contributed by atoms with E-state index in [9.17, 15) is 0 Å². The predicted molar refractivity (Wildman–Crippen MR) is 191 cm³/mol. The van der Waals surface area contributed by atoms with E-state index in [1.54, 1.807) is 0 Å². The van der Waals surface area contributed by atoms with Crippen LogP contribution in [0.2, 0.25) is 0 Å². The number of hydrogen-bond acceptors (Lipinski definition) is 3. The van der Waals surface area contributed by atoms with Gasteiger partial charge in [0, 0.05) is 43.9 Å². The number of nitrogens with zero attached hydrogens (tertiary/aromatic N) is 1. The second-order valence-electron chi connectivity index (χ2n) is 12.9. The van der Waals surface area contributed by atoms with E-state index >= 15 is 0 Å². The molecule has 0 bridgehead atoms. The number of anilines is 3. The van der Waals surface area contributed by atoms with Gasteiger partial charge in [0.15, 0.2) is 0 Å². The highest BCUT2D eigenvalue weighted by Crippen LogP contribution is 2.54. The number of benzene rings is 7. The van der Waals surface area contributed by atoms with E-state index in [2.05, 4.69) is 134 Å². The lowest BCUT2D eigenvalue weighted by Gasteiger charge is -2.29.